The summed E-state index contributed by atoms with van der Waals surface area (Å²) >= 11 is 0. The van der Waals surface area contributed by atoms with Crippen LogP contribution in [0.25, 0.3) is 56.4 Å². The molecule has 0 spiro atoms. The zero-order valence-corrected chi connectivity index (χ0v) is 37.2. The fraction of sp³-hybridized carbons (Fsp3) is 0.111. The number of nitrogens with zero attached hydrogens (tertiary/aromatic N) is 2. The highest BCUT2D eigenvalue weighted by molar-refractivity contribution is 6.00. The van der Waals surface area contributed by atoms with E-state index in [4.69, 9.17) is 4.42 Å². The maximum atomic E-state index is 6.74. The van der Waals surface area contributed by atoms with Crippen LogP contribution in [0.5, 0.6) is 0 Å². The fourth-order valence-corrected chi connectivity index (χ4v) is 11.8. The van der Waals surface area contributed by atoms with E-state index >= 15 is 0 Å². The van der Waals surface area contributed by atoms with Crippen LogP contribution in [0.4, 0.5) is 17.1 Å². The Hall–Kier alpha value is -7.88. The largest absolute Gasteiger partial charge is 0.460 e. The summed E-state index contributed by atoms with van der Waals surface area (Å²) in [5.74, 6) is 1.75. The van der Waals surface area contributed by atoms with Gasteiger partial charge in [0, 0.05) is 68.2 Å². The van der Waals surface area contributed by atoms with Crippen LogP contribution >= 0.6 is 0 Å². The lowest BCUT2D eigenvalue weighted by Gasteiger charge is -2.35. The van der Waals surface area contributed by atoms with Gasteiger partial charge in [0.05, 0.1) is 10.9 Å². The average Bonchev–Trinajstić information content (AvgIpc) is 4.02. The Labute approximate surface area is 386 Å². The van der Waals surface area contributed by atoms with Crippen molar-refractivity contribution in [2.75, 3.05) is 4.90 Å². The van der Waals surface area contributed by atoms with E-state index in [1.54, 1.807) is 0 Å². The number of para-hydroxylation sites is 2. The van der Waals surface area contributed by atoms with Gasteiger partial charge in [-0.3, -0.25) is 0 Å². The molecule has 2 heterocycles. The van der Waals surface area contributed by atoms with E-state index in [2.05, 4.69) is 242 Å². The minimum Gasteiger partial charge on any atom is -0.460 e. The first kappa shape index (κ1) is 38.6. The van der Waals surface area contributed by atoms with Crippen LogP contribution in [0.15, 0.2) is 211 Å². The summed E-state index contributed by atoms with van der Waals surface area (Å²) in [4.78, 5) is 2.43. The molecule has 2 aromatic heterocycles. The number of aromatic nitrogens is 1. The standard InChI is InChI=1S/C63H48N2O/c1-41-17-16-26-55-54-36-34-50(40-60(54)66-62(41)55)64(49-33-35-52-51-24-12-14-27-57(51)63(58(52)39-49,45-18-6-3-7-19-45)46-20-8-4-9-21-46)48-31-29-43(30-32-48)44-37-42(2)61-56(38-44)53-25-13-15-28-59(53)65(61)47-22-10-5-11-23-47/h3-16,18-36,38-42H,17,37H2,1-2H3. The third kappa shape index (κ3) is 5.76. The van der Waals surface area contributed by atoms with E-state index < -0.39 is 5.41 Å². The van der Waals surface area contributed by atoms with Crippen LogP contribution in [0.3, 0.4) is 0 Å². The third-order valence-corrected chi connectivity index (χ3v) is 14.7. The Morgan fingerprint density at radius 3 is 1.95 bits per heavy atom. The molecule has 0 radical (unpaired) electrons. The maximum Gasteiger partial charge on any atom is 0.137 e. The first-order chi connectivity index (χ1) is 32.6. The number of hydrogen-bond donors (Lipinski definition) is 0. The molecule has 0 N–H and O–H groups in total. The highest BCUT2D eigenvalue weighted by atomic mass is 16.3. The number of rotatable bonds is 7. The topological polar surface area (TPSA) is 21.3 Å². The van der Waals surface area contributed by atoms with Gasteiger partial charge < -0.3 is 13.9 Å². The van der Waals surface area contributed by atoms with E-state index in [1.807, 2.05) is 0 Å². The van der Waals surface area contributed by atoms with Crippen LogP contribution < -0.4 is 4.90 Å². The molecule has 0 fully saturated rings. The van der Waals surface area contributed by atoms with Crippen molar-refractivity contribution in [2.24, 2.45) is 0 Å². The van der Waals surface area contributed by atoms with Gasteiger partial charge in [-0.05, 0) is 118 Å². The molecule has 3 nitrogen and oxygen atoms in total. The molecule has 3 aliphatic rings. The molecular weight excluding hydrogens is 801 g/mol. The normalized spacial score (nSPS) is 16.7. The molecule has 8 aromatic carbocycles. The summed E-state index contributed by atoms with van der Waals surface area (Å²) in [6.45, 7) is 4.65. The van der Waals surface area contributed by atoms with Gasteiger partial charge in [-0.2, -0.15) is 0 Å². The predicted octanol–water partition coefficient (Wildman–Crippen LogP) is 16.8. The Morgan fingerprint density at radius 2 is 1.18 bits per heavy atom. The van der Waals surface area contributed by atoms with Crippen LogP contribution in [0, 0.1) is 0 Å². The van der Waals surface area contributed by atoms with E-state index in [-0.39, 0.29) is 0 Å². The van der Waals surface area contributed by atoms with Gasteiger partial charge in [-0.1, -0.05) is 166 Å². The Morgan fingerprint density at radius 1 is 0.545 bits per heavy atom. The van der Waals surface area contributed by atoms with Crippen molar-refractivity contribution in [2.45, 2.75) is 43.9 Å². The van der Waals surface area contributed by atoms with Crippen molar-refractivity contribution < 1.29 is 4.42 Å². The summed E-state index contributed by atoms with van der Waals surface area (Å²) < 4.78 is 9.22. The van der Waals surface area contributed by atoms with Gasteiger partial charge in [0.25, 0.3) is 0 Å². The first-order valence-corrected chi connectivity index (χ1v) is 23.4. The number of furan rings is 1. The van der Waals surface area contributed by atoms with Gasteiger partial charge in [0.2, 0.25) is 0 Å². The first-order valence-electron chi connectivity index (χ1n) is 23.4. The zero-order valence-electron chi connectivity index (χ0n) is 37.2. The molecule has 0 saturated carbocycles. The summed E-state index contributed by atoms with van der Waals surface area (Å²) in [5.41, 5.74) is 20.3. The lowest BCUT2D eigenvalue weighted by molar-refractivity contribution is 0.504. The minimum absolute atomic E-state index is 0.331. The van der Waals surface area contributed by atoms with Crippen molar-refractivity contribution >= 4 is 56.7 Å². The SMILES string of the molecule is CC1CC=Cc2c1oc1cc(N(c3ccc(C4=Cc5c(n(-c6ccccc6)c6ccccc56)C(C)C4)cc3)c3ccc4c(c3)C(c3ccccc3)(c3ccccc3)c3ccccc3-4)ccc21. The molecule has 2 atom stereocenters. The number of allylic oxidation sites excluding steroid dienone is 2. The van der Waals surface area contributed by atoms with Crippen molar-refractivity contribution in [3.63, 3.8) is 0 Å². The van der Waals surface area contributed by atoms with E-state index in [9.17, 15) is 0 Å². The van der Waals surface area contributed by atoms with E-state index in [0.717, 1.165) is 46.6 Å². The molecule has 3 aliphatic carbocycles. The van der Waals surface area contributed by atoms with Crippen LogP contribution in [0.2, 0.25) is 0 Å². The molecule has 10 aromatic rings. The second-order valence-electron chi connectivity index (χ2n) is 18.5. The lowest BCUT2D eigenvalue weighted by atomic mass is 9.67. The van der Waals surface area contributed by atoms with Crippen LogP contribution in [-0.2, 0) is 5.41 Å². The maximum absolute atomic E-state index is 6.74. The van der Waals surface area contributed by atoms with Gasteiger partial charge in [0.1, 0.15) is 11.3 Å². The van der Waals surface area contributed by atoms with E-state index in [0.29, 0.717) is 11.8 Å². The Bertz CT molecular complexity index is 3510. The smallest absolute Gasteiger partial charge is 0.137 e. The molecule has 2 unspecified atom stereocenters. The summed E-state index contributed by atoms with van der Waals surface area (Å²) in [7, 11) is 0. The molecule has 316 valence electrons. The molecule has 13 rings (SSSR count). The molecular formula is C63H48N2O. The fourth-order valence-electron chi connectivity index (χ4n) is 11.8. The van der Waals surface area contributed by atoms with Gasteiger partial charge >= 0.3 is 0 Å². The van der Waals surface area contributed by atoms with Gasteiger partial charge in [0.15, 0.2) is 0 Å². The number of fused-ring (bicyclic) bond motifs is 9. The summed E-state index contributed by atoms with van der Waals surface area (Å²) in [6, 6.07) is 74.0. The van der Waals surface area contributed by atoms with Crippen molar-refractivity contribution in [3.8, 4) is 16.8 Å². The quantitative estimate of drug-likeness (QED) is 0.159. The molecule has 0 amide bonds. The van der Waals surface area contributed by atoms with Crippen LogP contribution in [0.1, 0.15) is 88.9 Å². The van der Waals surface area contributed by atoms with Gasteiger partial charge in [-0.25, -0.2) is 0 Å². The highest BCUT2D eigenvalue weighted by Crippen LogP contribution is 2.57. The monoisotopic (exact) mass is 848 g/mol. The van der Waals surface area contributed by atoms with E-state index in [1.165, 1.54) is 77.9 Å². The molecule has 66 heavy (non-hydrogen) atoms. The number of anilines is 3. The lowest BCUT2D eigenvalue weighted by Crippen LogP contribution is -2.28. The third-order valence-electron chi connectivity index (χ3n) is 14.7. The van der Waals surface area contributed by atoms with Crippen molar-refractivity contribution in [3.05, 3.63) is 257 Å². The van der Waals surface area contributed by atoms with Crippen LogP contribution in [-0.4, -0.2) is 4.57 Å². The Balaban J connectivity index is 0.983. The minimum atomic E-state index is -0.515. The Kier molecular flexibility index (Phi) is 8.83. The predicted molar refractivity (Wildman–Crippen MR) is 274 cm³/mol. The number of benzene rings is 8. The molecule has 0 saturated heterocycles. The molecule has 0 bridgehead atoms. The van der Waals surface area contributed by atoms with Gasteiger partial charge in [-0.15, -0.1) is 0 Å². The number of hydrogen-bond acceptors (Lipinski definition) is 2. The second-order valence-corrected chi connectivity index (χ2v) is 18.5. The van der Waals surface area contributed by atoms with Crippen molar-refractivity contribution in [1.82, 2.24) is 4.57 Å². The highest BCUT2D eigenvalue weighted by Gasteiger charge is 2.46. The molecule has 0 aliphatic heterocycles. The molecule has 3 heteroatoms. The average molecular weight is 849 g/mol. The van der Waals surface area contributed by atoms with Crippen molar-refractivity contribution in [1.29, 1.82) is 0 Å². The zero-order chi connectivity index (χ0) is 43.9. The summed E-state index contributed by atoms with van der Waals surface area (Å²) in [6.07, 6.45) is 8.93. The summed E-state index contributed by atoms with van der Waals surface area (Å²) in [5, 5.41) is 2.46. The second kappa shape index (κ2) is 15.1.